The average molecular weight is 402 g/mol. The van der Waals surface area contributed by atoms with E-state index >= 15 is 0 Å². The van der Waals surface area contributed by atoms with Gasteiger partial charge in [-0.25, -0.2) is 4.79 Å². The van der Waals surface area contributed by atoms with Crippen molar-refractivity contribution in [1.29, 1.82) is 0 Å². The molecule has 2 rings (SSSR count). The monoisotopic (exact) mass is 400 g/mol. The Kier molecular flexibility index (Phi) is 6.53. The molecule has 0 aliphatic heterocycles. The summed E-state index contributed by atoms with van der Waals surface area (Å²) in [6, 6.07) is 9.08. The van der Waals surface area contributed by atoms with Crippen LogP contribution in [0.15, 0.2) is 36.4 Å². The van der Waals surface area contributed by atoms with Crippen molar-refractivity contribution in [1.82, 2.24) is 5.32 Å². The van der Waals surface area contributed by atoms with Crippen LogP contribution in [0.1, 0.15) is 28.9 Å². The minimum absolute atomic E-state index is 0.215. The van der Waals surface area contributed by atoms with Gasteiger partial charge in [-0.15, -0.1) is 0 Å². The number of rotatable bonds is 5. The molecule has 0 aliphatic carbocycles. The van der Waals surface area contributed by atoms with Gasteiger partial charge in [0, 0.05) is 0 Å². The lowest BCUT2D eigenvalue weighted by Gasteiger charge is -2.15. The summed E-state index contributed by atoms with van der Waals surface area (Å²) >= 11 is 17.6. The first-order valence-corrected chi connectivity index (χ1v) is 8.37. The number of hydrogen-bond acceptors (Lipinski definition) is 4. The maximum atomic E-state index is 11.9. The number of carbonyl (C=O) groups is 2. The zero-order chi connectivity index (χ0) is 18.6. The Morgan fingerprint density at radius 1 is 1.08 bits per heavy atom. The number of carbonyl (C=O) groups excluding carboxylic acids is 2. The lowest BCUT2D eigenvalue weighted by Crippen LogP contribution is -2.31. The molecule has 0 spiro atoms. The Labute approximate surface area is 160 Å². The summed E-state index contributed by atoms with van der Waals surface area (Å²) in [5.74, 6) is -1.12. The van der Waals surface area contributed by atoms with E-state index in [0.717, 1.165) is 5.56 Å². The molecule has 0 fully saturated rings. The molecule has 1 amide bonds. The van der Waals surface area contributed by atoms with E-state index in [1.807, 2.05) is 0 Å². The largest absolute Gasteiger partial charge is 0.452 e. The fraction of sp³-hybridized carbons (Fsp3) is 0.176. The Bertz CT molecular complexity index is 812. The predicted octanol–water partition coefficient (Wildman–Crippen LogP) is 4.26. The predicted molar refractivity (Wildman–Crippen MR) is 99.2 cm³/mol. The minimum atomic E-state index is -0.666. The lowest BCUT2D eigenvalue weighted by molar-refractivity contribution is -0.124. The standard InChI is InChI=1S/C17H15Cl3N2O3/c1-9(10-2-4-12(18)14(20)6-10)22-16(23)8-25-17(24)11-3-5-13(19)15(21)7-11/h2-7,9H,8,21H2,1H3,(H,22,23)/t9-/m1/s1. The van der Waals surface area contributed by atoms with Crippen molar-refractivity contribution < 1.29 is 14.3 Å². The van der Waals surface area contributed by atoms with Crippen molar-refractivity contribution in [2.24, 2.45) is 0 Å². The third-order valence-electron chi connectivity index (χ3n) is 3.39. The van der Waals surface area contributed by atoms with Crippen molar-refractivity contribution in [2.45, 2.75) is 13.0 Å². The molecule has 0 unspecified atom stereocenters. The smallest absolute Gasteiger partial charge is 0.338 e. The van der Waals surface area contributed by atoms with Gasteiger partial charge in [0.15, 0.2) is 6.61 Å². The van der Waals surface area contributed by atoms with Gasteiger partial charge >= 0.3 is 5.97 Å². The molecule has 0 bridgehead atoms. The molecule has 25 heavy (non-hydrogen) atoms. The molecule has 0 heterocycles. The van der Waals surface area contributed by atoms with Gasteiger partial charge in [-0.2, -0.15) is 0 Å². The van der Waals surface area contributed by atoms with E-state index in [-0.39, 0.29) is 17.3 Å². The van der Waals surface area contributed by atoms with E-state index in [4.69, 9.17) is 45.3 Å². The highest BCUT2D eigenvalue weighted by atomic mass is 35.5. The Morgan fingerprint density at radius 3 is 2.40 bits per heavy atom. The summed E-state index contributed by atoms with van der Waals surface area (Å²) in [5, 5.41) is 3.87. The lowest BCUT2D eigenvalue weighted by atomic mass is 10.1. The third kappa shape index (κ3) is 5.26. The number of halogens is 3. The summed E-state index contributed by atoms with van der Waals surface area (Å²) in [6.07, 6.45) is 0. The molecular formula is C17H15Cl3N2O3. The van der Waals surface area contributed by atoms with Gasteiger partial charge in [0.25, 0.3) is 5.91 Å². The molecule has 5 nitrogen and oxygen atoms in total. The molecule has 132 valence electrons. The first-order chi connectivity index (χ1) is 11.8. The molecular weight excluding hydrogens is 387 g/mol. The molecule has 0 aromatic heterocycles. The molecule has 1 atom stereocenters. The molecule has 0 saturated heterocycles. The summed E-state index contributed by atoms with van der Waals surface area (Å²) < 4.78 is 4.97. The number of nitrogens with one attached hydrogen (secondary N) is 1. The SMILES string of the molecule is C[C@@H](NC(=O)COC(=O)c1ccc(Cl)c(N)c1)c1ccc(Cl)c(Cl)c1. The quantitative estimate of drug-likeness (QED) is 0.579. The first-order valence-electron chi connectivity index (χ1n) is 7.24. The molecule has 0 aliphatic rings. The second-order valence-corrected chi connectivity index (χ2v) is 6.50. The zero-order valence-corrected chi connectivity index (χ0v) is 15.5. The van der Waals surface area contributed by atoms with E-state index < -0.39 is 18.5 Å². The number of nitrogen functional groups attached to an aromatic ring is 1. The topological polar surface area (TPSA) is 81.4 Å². The summed E-state index contributed by atoms with van der Waals surface area (Å²) in [4.78, 5) is 23.9. The number of esters is 1. The number of amides is 1. The van der Waals surface area contributed by atoms with Gasteiger partial charge in [0.2, 0.25) is 0 Å². The highest BCUT2D eigenvalue weighted by Crippen LogP contribution is 2.25. The van der Waals surface area contributed by atoms with Crippen molar-refractivity contribution in [3.05, 3.63) is 62.6 Å². The van der Waals surface area contributed by atoms with E-state index in [9.17, 15) is 9.59 Å². The third-order valence-corrected chi connectivity index (χ3v) is 4.47. The van der Waals surface area contributed by atoms with Gasteiger partial charge < -0.3 is 15.8 Å². The van der Waals surface area contributed by atoms with Crippen LogP contribution in [0.3, 0.4) is 0 Å². The van der Waals surface area contributed by atoms with Crippen LogP contribution in [-0.4, -0.2) is 18.5 Å². The maximum absolute atomic E-state index is 11.9. The number of anilines is 1. The fourth-order valence-corrected chi connectivity index (χ4v) is 2.46. The highest BCUT2D eigenvalue weighted by Gasteiger charge is 2.14. The Balaban J connectivity index is 1.90. The van der Waals surface area contributed by atoms with E-state index in [0.29, 0.717) is 15.1 Å². The average Bonchev–Trinajstić information content (AvgIpc) is 2.57. The zero-order valence-electron chi connectivity index (χ0n) is 13.2. The van der Waals surface area contributed by atoms with E-state index in [1.54, 1.807) is 25.1 Å². The molecule has 8 heteroatoms. The molecule has 2 aromatic rings. The number of benzene rings is 2. The van der Waals surface area contributed by atoms with Gasteiger partial charge in [-0.1, -0.05) is 40.9 Å². The van der Waals surface area contributed by atoms with Crippen LogP contribution in [0.25, 0.3) is 0 Å². The van der Waals surface area contributed by atoms with Crippen molar-refractivity contribution in [2.75, 3.05) is 12.3 Å². The van der Waals surface area contributed by atoms with Crippen LogP contribution >= 0.6 is 34.8 Å². The molecule has 2 aromatic carbocycles. The minimum Gasteiger partial charge on any atom is -0.452 e. The summed E-state index contributed by atoms with van der Waals surface area (Å²) in [5.41, 5.74) is 6.88. The molecule has 3 N–H and O–H groups in total. The van der Waals surface area contributed by atoms with Crippen LogP contribution in [0.4, 0.5) is 5.69 Å². The summed E-state index contributed by atoms with van der Waals surface area (Å²) in [6.45, 7) is 1.35. The van der Waals surface area contributed by atoms with Gasteiger partial charge in [-0.3, -0.25) is 4.79 Å². The summed E-state index contributed by atoms with van der Waals surface area (Å²) in [7, 11) is 0. The van der Waals surface area contributed by atoms with Gasteiger partial charge in [0.05, 0.1) is 32.4 Å². The second kappa shape index (κ2) is 8.43. The number of nitrogens with two attached hydrogens (primary N) is 1. The van der Waals surface area contributed by atoms with E-state index in [2.05, 4.69) is 5.32 Å². The van der Waals surface area contributed by atoms with Gasteiger partial charge in [-0.05, 0) is 42.8 Å². The number of hydrogen-bond donors (Lipinski definition) is 2. The second-order valence-electron chi connectivity index (χ2n) is 5.28. The molecule has 0 saturated carbocycles. The van der Waals surface area contributed by atoms with Crippen LogP contribution < -0.4 is 11.1 Å². The fourth-order valence-electron chi connectivity index (χ4n) is 2.03. The normalized spacial score (nSPS) is 11.7. The van der Waals surface area contributed by atoms with Crippen LogP contribution in [0, 0.1) is 0 Å². The highest BCUT2D eigenvalue weighted by molar-refractivity contribution is 6.42. The first kappa shape index (κ1) is 19.4. The number of ether oxygens (including phenoxy) is 1. The molecule has 0 radical (unpaired) electrons. The maximum Gasteiger partial charge on any atom is 0.338 e. The van der Waals surface area contributed by atoms with Crippen molar-refractivity contribution in [3.8, 4) is 0 Å². The Morgan fingerprint density at radius 2 is 1.76 bits per heavy atom. The van der Waals surface area contributed by atoms with Crippen LogP contribution in [0.5, 0.6) is 0 Å². The van der Waals surface area contributed by atoms with Crippen LogP contribution in [0.2, 0.25) is 15.1 Å². The van der Waals surface area contributed by atoms with Crippen molar-refractivity contribution in [3.63, 3.8) is 0 Å². The Hall–Kier alpha value is -1.95. The van der Waals surface area contributed by atoms with Crippen LogP contribution in [-0.2, 0) is 9.53 Å². The van der Waals surface area contributed by atoms with Gasteiger partial charge in [0.1, 0.15) is 0 Å². The van der Waals surface area contributed by atoms with E-state index in [1.165, 1.54) is 18.2 Å². The van der Waals surface area contributed by atoms with Crippen molar-refractivity contribution >= 4 is 52.4 Å².